The summed E-state index contributed by atoms with van der Waals surface area (Å²) in [4.78, 5) is 48.5. The van der Waals surface area contributed by atoms with Gasteiger partial charge in [-0.2, -0.15) is 0 Å². The highest BCUT2D eigenvalue weighted by Crippen LogP contribution is 2.43. The predicted octanol–water partition coefficient (Wildman–Crippen LogP) is 17.3. The molecule has 0 spiro atoms. The Bertz CT molecular complexity index is 1610. The fourth-order valence-electron chi connectivity index (χ4n) is 7.55. The number of aliphatic hydroxyl groups is 1. The summed E-state index contributed by atoms with van der Waals surface area (Å²) in [6.45, 7) is 4.38. The number of hydrogen-bond acceptors (Lipinski definition) is 10. The zero-order valence-corrected chi connectivity index (χ0v) is 47.7. The number of ether oxygens (including phenoxy) is 3. The van der Waals surface area contributed by atoms with E-state index in [2.05, 4.69) is 106 Å². The average molecular weight is 1060 g/mol. The lowest BCUT2D eigenvalue weighted by atomic mass is 10.1. The summed E-state index contributed by atoms with van der Waals surface area (Å²) in [6.07, 6.45) is 65.2. The SMILES string of the molecule is CC/C=C\C/C=C\C/C=C\C/C=C\CCC(=O)OCC(COP(=O)(O)OCC(CO)OC(=O)CCCCCCCCC/C=C\C/C=C\CCCCC)OC(=O)CCCCCCCCC/C=C\C/C=C\CCCCC. The number of phosphoric ester groups is 1. The summed E-state index contributed by atoms with van der Waals surface area (Å²) >= 11 is 0. The topological polar surface area (TPSA) is 155 Å². The Morgan fingerprint density at radius 2 is 0.730 bits per heavy atom. The predicted molar refractivity (Wildman–Crippen MR) is 307 cm³/mol. The lowest BCUT2D eigenvalue weighted by molar-refractivity contribution is -0.161. The number of esters is 3. The molecule has 0 aliphatic rings. The summed E-state index contributed by atoms with van der Waals surface area (Å²) in [5.74, 6) is -1.58. The molecule has 0 radical (unpaired) electrons. The third kappa shape index (κ3) is 53.2. The van der Waals surface area contributed by atoms with Crippen molar-refractivity contribution in [3.05, 3.63) is 97.2 Å². The van der Waals surface area contributed by atoms with Crippen molar-refractivity contribution in [3.8, 4) is 0 Å². The van der Waals surface area contributed by atoms with Gasteiger partial charge in [0.15, 0.2) is 6.10 Å². The minimum absolute atomic E-state index is 0.0996. The van der Waals surface area contributed by atoms with Gasteiger partial charge < -0.3 is 24.2 Å². The van der Waals surface area contributed by atoms with Crippen LogP contribution in [0.4, 0.5) is 0 Å². The van der Waals surface area contributed by atoms with Crippen LogP contribution in [0, 0.1) is 0 Å². The van der Waals surface area contributed by atoms with Crippen LogP contribution in [0.5, 0.6) is 0 Å². The van der Waals surface area contributed by atoms with E-state index >= 15 is 0 Å². The summed E-state index contributed by atoms with van der Waals surface area (Å²) in [6, 6.07) is 0. The Hall–Kier alpha value is -3.60. The molecule has 424 valence electrons. The molecule has 0 aliphatic carbocycles. The van der Waals surface area contributed by atoms with Gasteiger partial charge in [-0.25, -0.2) is 4.57 Å². The Kier molecular flexibility index (Phi) is 52.9. The van der Waals surface area contributed by atoms with E-state index in [9.17, 15) is 28.9 Å². The molecular weight excluding hydrogens is 952 g/mol. The quantitative estimate of drug-likeness (QED) is 0.0197. The van der Waals surface area contributed by atoms with Crippen molar-refractivity contribution in [2.24, 2.45) is 0 Å². The molecule has 0 amide bonds. The first-order chi connectivity index (χ1) is 36.2. The molecule has 74 heavy (non-hydrogen) atoms. The van der Waals surface area contributed by atoms with Gasteiger partial charge in [0.1, 0.15) is 12.7 Å². The highest BCUT2D eigenvalue weighted by molar-refractivity contribution is 7.47. The first-order valence-corrected chi connectivity index (χ1v) is 30.6. The Morgan fingerprint density at radius 1 is 0.392 bits per heavy atom. The van der Waals surface area contributed by atoms with E-state index in [1.54, 1.807) is 0 Å². The molecule has 12 heteroatoms. The standard InChI is InChI=1S/C62H105O11P/c1-4-7-10-13-16-19-22-25-27-29-31-34-37-40-43-46-49-52-61(65)72-58(54-63)56-70-74(67,68)71-57-59(55-69-60(64)51-48-45-42-39-36-33-24-21-18-15-12-9-6-3)73-62(66)53-50-47-44-41-38-35-32-30-28-26-23-20-17-14-11-8-5-2/h9,12,16-21,25-28,33,36,42,45,58-59,63H,4-8,10-11,13-15,22-24,29-32,34-35,37-41,43-44,46-57H2,1-3H3,(H,67,68)/b12-9-,19-16-,20-17-,21-18-,27-25-,28-26-,36-33-,45-42-. The van der Waals surface area contributed by atoms with Gasteiger partial charge in [0.05, 0.1) is 19.8 Å². The maximum atomic E-state index is 12.9. The van der Waals surface area contributed by atoms with Gasteiger partial charge in [0.25, 0.3) is 0 Å². The molecule has 0 aromatic rings. The normalized spacial score (nSPS) is 14.1. The molecule has 0 aromatic heterocycles. The van der Waals surface area contributed by atoms with E-state index in [1.807, 2.05) is 12.2 Å². The zero-order valence-electron chi connectivity index (χ0n) is 46.8. The van der Waals surface area contributed by atoms with E-state index in [-0.39, 0.29) is 25.9 Å². The lowest BCUT2D eigenvalue weighted by Gasteiger charge is -2.21. The second-order valence-corrected chi connectivity index (χ2v) is 20.5. The molecule has 11 nitrogen and oxygen atoms in total. The molecular formula is C62H105O11P. The van der Waals surface area contributed by atoms with Crippen molar-refractivity contribution >= 4 is 25.7 Å². The van der Waals surface area contributed by atoms with Crippen LogP contribution < -0.4 is 0 Å². The summed E-state index contributed by atoms with van der Waals surface area (Å²) in [7, 11) is -4.77. The van der Waals surface area contributed by atoms with Crippen molar-refractivity contribution in [1.29, 1.82) is 0 Å². The van der Waals surface area contributed by atoms with Crippen LogP contribution >= 0.6 is 7.82 Å². The maximum Gasteiger partial charge on any atom is 0.472 e. The van der Waals surface area contributed by atoms with Gasteiger partial charge in [-0.1, -0.05) is 208 Å². The van der Waals surface area contributed by atoms with Gasteiger partial charge in [-0.15, -0.1) is 0 Å². The van der Waals surface area contributed by atoms with Crippen LogP contribution in [0.2, 0.25) is 0 Å². The minimum Gasteiger partial charge on any atom is -0.462 e. The Labute approximate surface area is 451 Å². The minimum atomic E-state index is -4.77. The molecule has 0 aliphatic heterocycles. The molecule has 3 atom stereocenters. The van der Waals surface area contributed by atoms with Crippen molar-refractivity contribution in [1.82, 2.24) is 0 Å². The summed E-state index contributed by atoms with van der Waals surface area (Å²) in [5, 5.41) is 9.82. The van der Waals surface area contributed by atoms with Gasteiger partial charge in [-0.3, -0.25) is 23.4 Å². The first kappa shape index (κ1) is 70.4. The fourth-order valence-corrected chi connectivity index (χ4v) is 8.33. The number of hydrogen-bond donors (Lipinski definition) is 2. The average Bonchev–Trinajstić information content (AvgIpc) is 3.39. The number of phosphoric acid groups is 1. The van der Waals surface area contributed by atoms with Crippen molar-refractivity contribution in [2.75, 3.05) is 26.4 Å². The summed E-state index contributed by atoms with van der Waals surface area (Å²) in [5.41, 5.74) is 0. The monoisotopic (exact) mass is 1060 g/mol. The van der Waals surface area contributed by atoms with Gasteiger partial charge in [-0.05, 0) is 109 Å². The van der Waals surface area contributed by atoms with E-state index in [0.29, 0.717) is 19.3 Å². The molecule has 2 N–H and O–H groups in total. The number of unbranched alkanes of at least 4 members (excludes halogenated alkanes) is 20. The van der Waals surface area contributed by atoms with Crippen molar-refractivity contribution in [3.63, 3.8) is 0 Å². The van der Waals surface area contributed by atoms with Crippen LogP contribution in [0.25, 0.3) is 0 Å². The third-order valence-electron chi connectivity index (χ3n) is 12.0. The molecule has 0 aromatic carbocycles. The smallest absolute Gasteiger partial charge is 0.462 e. The van der Waals surface area contributed by atoms with Crippen LogP contribution in [-0.4, -0.2) is 66.5 Å². The number of allylic oxidation sites excluding steroid dienone is 16. The van der Waals surface area contributed by atoms with Gasteiger partial charge in [0, 0.05) is 19.3 Å². The van der Waals surface area contributed by atoms with Crippen molar-refractivity contribution < 1.29 is 52.2 Å². The molecule has 0 heterocycles. The third-order valence-corrected chi connectivity index (χ3v) is 12.9. The van der Waals surface area contributed by atoms with E-state index in [1.165, 1.54) is 77.0 Å². The van der Waals surface area contributed by atoms with Crippen LogP contribution in [-0.2, 0) is 42.2 Å². The molecule has 0 saturated heterocycles. The van der Waals surface area contributed by atoms with E-state index in [0.717, 1.165) is 103 Å². The second kappa shape index (κ2) is 55.6. The molecule has 0 bridgehead atoms. The number of carbonyl (C=O) groups excluding carboxylic acids is 3. The fraction of sp³-hybridized carbons (Fsp3) is 0.694. The zero-order chi connectivity index (χ0) is 54.1. The van der Waals surface area contributed by atoms with Crippen molar-refractivity contribution in [2.45, 2.75) is 251 Å². The molecule has 0 rings (SSSR count). The maximum absolute atomic E-state index is 12.9. The highest BCUT2D eigenvalue weighted by atomic mass is 31.2. The Morgan fingerprint density at radius 3 is 1.14 bits per heavy atom. The van der Waals surface area contributed by atoms with E-state index in [4.69, 9.17) is 23.3 Å². The summed E-state index contributed by atoms with van der Waals surface area (Å²) < 4.78 is 39.4. The van der Waals surface area contributed by atoms with Crippen LogP contribution in [0.15, 0.2) is 97.2 Å². The number of aliphatic hydroxyl groups excluding tert-OH is 1. The molecule has 0 saturated carbocycles. The first-order valence-electron chi connectivity index (χ1n) is 29.1. The van der Waals surface area contributed by atoms with E-state index < -0.39 is 57.8 Å². The highest BCUT2D eigenvalue weighted by Gasteiger charge is 2.28. The van der Waals surface area contributed by atoms with Crippen LogP contribution in [0.3, 0.4) is 0 Å². The number of carbonyl (C=O) groups is 3. The van der Waals surface area contributed by atoms with Crippen LogP contribution in [0.1, 0.15) is 239 Å². The molecule has 3 unspecified atom stereocenters. The lowest BCUT2D eigenvalue weighted by Crippen LogP contribution is -2.30. The molecule has 0 fully saturated rings. The van der Waals surface area contributed by atoms with Gasteiger partial charge >= 0.3 is 25.7 Å². The second-order valence-electron chi connectivity index (χ2n) is 19.1. The Balaban J connectivity index is 4.77. The number of rotatable bonds is 53. The van der Waals surface area contributed by atoms with Gasteiger partial charge in [0.2, 0.25) is 0 Å². The largest absolute Gasteiger partial charge is 0.472 e.